The van der Waals surface area contributed by atoms with Crippen LogP contribution in [0.5, 0.6) is 23.0 Å². The Morgan fingerprint density at radius 2 is 0.804 bits per heavy atom. The van der Waals surface area contributed by atoms with E-state index in [0.29, 0.717) is 33.0 Å². The van der Waals surface area contributed by atoms with E-state index in [4.69, 9.17) is 33.2 Å². The molecule has 7 heteroatoms. The molecule has 0 spiro atoms. The van der Waals surface area contributed by atoms with E-state index in [1.807, 2.05) is 0 Å². The summed E-state index contributed by atoms with van der Waals surface area (Å²) in [5.74, 6) is 3.61. The summed E-state index contributed by atoms with van der Waals surface area (Å²) >= 11 is 0. The Morgan fingerprint density at radius 3 is 1.06 bits per heavy atom. The molecule has 0 aromatic heterocycles. The number of epoxide rings is 2. The third-order valence-corrected chi connectivity index (χ3v) is 9.42. The minimum Gasteiger partial charge on any atom is -0.490 e. The molecule has 4 aromatic carbocycles. The predicted molar refractivity (Wildman–Crippen MR) is 203 cm³/mol. The van der Waals surface area contributed by atoms with Crippen LogP contribution in [0.1, 0.15) is 44.5 Å². The van der Waals surface area contributed by atoms with Crippen LogP contribution in [-0.4, -0.2) is 64.6 Å². The summed E-state index contributed by atoms with van der Waals surface area (Å²) in [7, 11) is 0. The van der Waals surface area contributed by atoms with E-state index < -0.39 is 0 Å². The fraction of sp³-hybridized carbons (Fsp3) is 0.409. The number of aryl methyl sites for hydroxylation is 8. The third kappa shape index (κ3) is 9.14. The van der Waals surface area contributed by atoms with E-state index in [2.05, 4.69) is 110 Å². The van der Waals surface area contributed by atoms with E-state index in [1.54, 1.807) is 6.08 Å². The highest BCUT2D eigenvalue weighted by molar-refractivity contribution is 5.71. The van der Waals surface area contributed by atoms with Crippen LogP contribution in [-0.2, 0) is 14.2 Å². The Bertz CT molecular complexity index is 1660. The molecule has 2 atom stereocenters. The van der Waals surface area contributed by atoms with Crippen molar-refractivity contribution in [2.45, 2.75) is 73.7 Å². The predicted octanol–water partition coefficient (Wildman–Crippen LogP) is 9.07. The van der Waals surface area contributed by atoms with Crippen molar-refractivity contribution in [1.82, 2.24) is 0 Å². The highest BCUT2D eigenvalue weighted by Crippen LogP contribution is 2.36. The van der Waals surface area contributed by atoms with Crippen LogP contribution in [0.25, 0.3) is 22.3 Å². The second-order valence-electron chi connectivity index (χ2n) is 14.2. The summed E-state index contributed by atoms with van der Waals surface area (Å²) in [4.78, 5) is 0. The number of benzene rings is 4. The minimum absolute atomic E-state index is 0.228. The van der Waals surface area contributed by atoms with E-state index in [-0.39, 0.29) is 18.3 Å². The first kappa shape index (κ1) is 36.5. The van der Waals surface area contributed by atoms with Crippen LogP contribution >= 0.6 is 0 Å². The molecule has 2 aliphatic heterocycles. The summed E-state index contributed by atoms with van der Waals surface area (Å²) in [6, 6.07) is 17.5. The second kappa shape index (κ2) is 15.9. The highest BCUT2D eigenvalue weighted by atomic mass is 16.6. The van der Waals surface area contributed by atoms with E-state index in [9.17, 15) is 0 Å². The average molecular weight is 693 g/mol. The summed E-state index contributed by atoms with van der Waals surface area (Å²) < 4.78 is 41.8. The molecule has 0 amide bonds. The molecule has 0 N–H and O–H groups in total. The van der Waals surface area contributed by atoms with Gasteiger partial charge in [-0.15, -0.1) is 6.58 Å². The molecule has 4 aromatic rings. The monoisotopic (exact) mass is 692 g/mol. The lowest BCUT2D eigenvalue weighted by atomic mass is 9.96. The van der Waals surface area contributed by atoms with Gasteiger partial charge in [0.15, 0.2) is 0 Å². The Labute approximate surface area is 303 Å². The maximum Gasteiger partial charge on any atom is 0.126 e. The zero-order valence-electron chi connectivity index (χ0n) is 31.4. The second-order valence-corrected chi connectivity index (χ2v) is 14.2. The molecule has 0 bridgehead atoms. The molecule has 51 heavy (non-hydrogen) atoms. The molecule has 2 unspecified atom stereocenters. The Morgan fingerprint density at radius 1 is 0.529 bits per heavy atom. The van der Waals surface area contributed by atoms with Crippen LogP contribution in [0.3, 0.4) is 0 Å². The quantitative estimate of drug-likeness (QED) is 0.0808. The standard InChI is InChI=1S/C44H52O7/c1-10-11-45-38(22-48-41-26(2)12-34(13-27(41)3)36-16-30(6)43(31(7)17-36)50-24-39-20-46-39)23-49-42-28(4)14-35(15-29(42)5)37-18-32(8)44(33(9)19-37)51-25-40-21-47-40/h10,12-19,38-40H,1,11,20-25H2,2-9H3. The molecule has 7 nitrogen and oxygen atoms in total. The number of ether oxygens (including phenoxy) is 7. The summed E-state index contributed by atoms with van der Waals surface area (Å²) in [6.07, 6.45) is 1.92. The number of hydrogen-bond acceptors (Lipinski definition) is 7. The van der Waals surface area contributed by atoms with Crippen molar-refractivity contribution in [1.29, 1.82) is 0 Å². The van der Waals surface area contributed by atoms with Crippen molar-refractivity contribution in [3.8, 4) is 45.3 Å². The molecule has 0 aliphatic carbocycles. The minimum atomic E-state index is -0.294. The van der Waals surface area contributed by atoms with Crippen molar-refractivity contribution in [2.24, 2.45) is 0 Å². The summed E-state index contributed by atoms with van der Waals surface area (Å²) in [5.41, 5.74) is 13.4. The Hall–Kier alpha value is -4.30. The summed E-state index contributed by atoms with van der Waals surface area (Å²) in [5, 5.41) is 0. The molecule has 0 saturated carbocycles. The van der Waals surface area contributed by atoms with Gasteiger partial charge in [-0.1, -0.05) is 6.08 Å². The van der Waals surface area contributed by atoms with Crippen molar-refractivity contribution < 1.29 is 33.2 Å². The zero-order chi connectivity index (χ0) is 36.2. The van der Waals surface area contributed by atoms with Gasteiger partial charge < -0.3 is 33.2 Å². The lowest BCUT2D eigenvalue weighted by Crippen LogP contribution is -2.29. The maximum absolute atomic E-state index is 6.45. The van der Waals surface area contributed by atoms with Gasteiger partial charge in [0.05, 0.1) is 19.8 Å². The first-order valence-corrected chi connectivity index (χ1v) is 17.9. The van der Waals surface area contributed by atoms with Gasteiger partial charge in [0.2, 0.25) is 0 Å². The third-order valence-electron chi connectivity index (χ3n) is 9.42. The van der Waals surface area contributed by atoms with E-state index >= 15 is 0 Å². The number of rotatable bonds is 17. The normalized spacial score (nSPS) is 16.8. The van der Waals surface area contributed by atoms with Crippen LogP contribution in [0.4, 0.5) is 0 Å². The molecule has 2 saturated heterocycles. The van der Waals surface area contributed by atoms with E-state index in [0.717, 1.165) is 103 Å². The SMILES string of the molecule is C=CCOC(COc1c(C)cc(-c2cc(C)c(OCC3CO3)c(C)c2)cc1C)COc1c(C)cc(-c2cc(C)c(OCC3CO3)c(C)c2)cc1C. The highest BCUT2D eigenvalue weighted by Gasteiger charge is 2.25. The van der Waals surface area contributed by atoms with Gasteiger partial charge in [-0.25, -0.2) is 0 Å². The smallest absolute Gasteiger partial charge is 0.126 e. The molecular weight excluding hydrogens is 640 g/mol. The van der Waals surface area contributed by atoms with Crippen LogP contribution in [0.2, 0.25) is 0 Å². The van der Waals surface area contributed by atoms with Crippen molar-refractivity contribution in [3.05, 3.63) is 106 Å². The van der Waals surface area contributed by atoms with Crippen LogP contribution < -0.4 is 18.9 Å². The van der Waals surface area contributed by atoms with Gasteiger partial charge in [-0.05, 0) is 171 Å². The fourth-order valence-electron chi connectivity index (χ4n) is 6.76. The molecule has 2 heterocycles. The molecular formula is C44H52O7. The maximum atomic E-state index is 6.45. The largest absolute Gasteiger partial charge is 0.490 e. The summed E-state index contributed by atoms with van der Waals surface area (Å²) in [6.45, 7) is 24.5. The van der Waals surface area contributed by atoms with Crippen molar-refractivity contribution >= 4 is 0 Å². The molecule has 2 fully saturated rings. The molecule has 0 radical (unpaired) electrons. The Kier molecular flexibility index (Phi) is 11.4. The lowest BCUT2D eigenvalue weighted by molar-refractivity contribution is 0.00552. The van der Waals surface area contributed by atoms with Gasteiger partial charge in [-0.3, -0.25) is 0 Å². The Balaban J connectivity index is 1.11. The zero-order valence-corrected chi connectivity index (χ0v) is 31.4. The van der Waals surface area contributed by atoms with Crippen LogP contribution in [0.15, 0.2) is 61.2 Å². The molecule has 6 rings (SSSR count). The van der Waals surface area contributed by atoms with Crippen molar-refractivity contribution in [3.63, 3.8) is 0 Å². The topological polar surface area (TPSA) is 71.2 Å². The number of hydrogen-bond donors (Lipinski definition) is 0. The molecule has 2 aliphatic rings. The first-order valence-electron chi connectivity index (χ1n) is 17.9. The molecule has 270 valence electrons. The van der Waals surface area contributed by atoms with Crippen molar-refractivity contribution in [2.75, 3.05) is 46.2 Å². The van der Waals surface area contributed by atoms with Gasteiger partial charge in [0.1, 0.15) is 67.7 Å². The van der Waals surface area contributed by atoms with Gasteiger partial charge in [-0.2, -0.15) is 0 Å². The van der Waals surface area contributed by atoms with Gasteiger partial charge in [0, 0.05) is 0 Å². The first-order chi connectivity index (χ1) is 24.5. The van der Waals surface area contributed by atoms with E-state index in [1.165, 1.54) is 0 Å². The average Bonchev–Trinajstić information content (AvgIpc) is 4.01. The lowest BCUT2D eigenvalue weighted by Gasteiger charge is -2.22. The van der Waals surface area contributed by atoms with Crippen LogP contribution in [0, 0.1) is 55.4 Å². The van der Waals surface area contributed by atoms with Gasteiger partial charge in [0.25, 0.3) is 0 Å². The fourth-order valence-corrected chi connectivity index (χ4v) is 6.76. The van der Waals surface area contributed by atoms with Gasteiger partial charge >= 0.3 is 0 Å².